The molecule has 0 aliphatic carbocycles. The van der Waals surface area contributed by atoms with Crippen molar-refractivity contribution in [3.05, 3.63) is 35.9 Å². The van der Waals surface area contributed by atoms with Crippen LogP contribution in [-0.4, -0.2) is 36.6 Å². The molecule has 1 fully saturated rings. The molecule has 1 aromatic rings. The van der Waals surface area contributed by atoms with Crippen molar-refractivity contribution in [2.75, 3.05) is 19.7 Å². The van der Waals surface area contributed by atoms with Gasteiger partial charge in [0.2, 0.25) is 5.91 Å². The van der Waals surface area contributed by atoms with Crippen molar-refractivity contribution in [2.24, 2.45) is 5.73 Å². The van der Waals surface area contributed by atoms with E-state index in [-0.39, 0.29) is 11.9 Å². The molecule has 19 heavy (non-hydrogen) atoms. The van der Waals surface area contributed by atoms with Crippen LogP contribution in [0.25, 0.3) is 0 Å². The Morgan fingerprint density at radius 1 is 1.37 bits per heavy atom. The fourth-order valence-corrected chi connectivity index (χ4v) is 2.73. The molecule has 2 rings (SSSR count). The molecule has 1 unspecified atom stereocenters. The van der Waals surface area contributed by atoms with Crippen LogP contribution in [0.5, 0.6) is 0 Å². The van der Waals surface area contributed by atoms with Gasteiger partial charge in [-0.05, 0) is 25.3 Å². The Balaban J connectivity index is 2.04. The summed E-state index contributed by atoms with van der Waals surface area (Å²) in [5.41, 5.74) is 6.56. The largest absolute Gasteiger partial charge is 0.378 e. The molecule has 0 bridgehead atoms. The van der Waals surface area contributed by atoms with E-state index in [1.165, 1.54) is 0 Å². The van der Waals surface area contributed by atoms with E-state index in [4.69, 9.17) is 10.5 Å². The summed E-state index contributed by atoms with van der Waals surface area (Å²) in [6.07, 6.45) is 2.25. The van der Waals surface area contributed by atoms with E-state index in [0.717, 1.165) is 38.1 Å². The van der Waals surface area contributed by atoms with Gasteiger partial charge in [0.15, 0.2) is 0 Å². The van der Waals surface area contributed by atoms with Gasteiger partial charge in [0.25, 0.3) is 0 Å². The zero-order chi connectivity index (χ0) is 13.7. The Bertz CT molecular complexity index is 400. The molecule has 4 heteroatoms. The number of hydrogen-bond donors (Lipinski definition) is 1. The molecule has 1 aromatic carbocycles. The van der Waals surface area contributed by atoms with Crippen molar-refractivity contribution in [1.82, 2.24) is 4.90 Å². The molecule has 2 N–H and O–H groups in total. The number of benzene rings is 1. The molecule has 1 heterocycles. The predicted molar refractivity (Wildman–Crippen MR) is 74.6 cm³/mol. The zero-order valence-electron chi connectivity index (χ0n) is 11.4. The van der Waals surface area contributed by atoms with Gasteiger partial charge >= 0.3 is 0 Å². The number of hydrogen-bond acceptors (Lipinski definition) is 3. The van der Waals surface area contributed by atoms with Crippen LogP contribution in [0.1, 0.15) is 31.4 Å². The third kappa shape index (κ3) is 3.55. The fourth-order valence-electron chi connectivity index (χ4n) is 2.73. The zero-order valence-corrected chi connectivity index (χ0v) is 11.4. The average molecular weight is 262 g/mol. The van der Waals surface area contributed by atoms with Crippen molar-refractivity contribution in [2.45, 2.75) is 31.9 Å². The summed E-state index contributed by atoms with van der Waals surface area (Å²) in [5.74, 6) is -0.277. The third-order valence-electron chi connectivity index (χ3n) is 3.63. The van der Waals surface area contributed by atoms with Gasteiger partial charge in [-0.1, -0.05) is 30.3 Å². The number of carbonyl (C=O) groups excluding carboxylic acids is 1. The highest BCUT2D eigenvalue weighted by Crippen LogP contribution is 2.25. The smallest absolute Gasteiger partial charge is 0.239 e. The highest BCUT2D eigenvalue weighted by Gasteiger charge is 2.29. The van der Waals surface area contributed by atoms with E-state index in [1.807, 2.05) is 37.3 Å². The number of primary amides is 1. The van der Waals surface area contributed by atoms with Gasteiger partial charge in [0.05, 0.1) is 6.10 Å². The average Bonchev–Trinajstić information content (AvgIpc) is 2.42. The summed E-state index contributed by atoms with van der Waals surface area (Å²) in [6.45, 7) is 4.48. The number of amides is 1. The first-order valence-corrected chi connectivity index (χ1v) is 6.92. The molecule has 4 nitrogen and oxygen atoms in total. The maximum Gasteiger partial charge on any atom is 0.239 e. The number of nitrogens with two attached hydrogens (primary N) is 1. The summed E-state index contributed by atoms with van der Waals surface area (Å²) >= 11 is 0. The minimum atomic E-state index is -0.316. The van der Waals surface area contributed by atoms with Gasteiger partial charge in [-0.25, -0.2) is 0 Å². The lowest BCUT2D eigenvalue weighted by atomic mass is 10.00. The van der Waals surface area contributed by atoms with Crippen molar-refractivity contribution in [1.29, 1.82) is 0 Å². The molecule has 1 saturated heterocycles. The molecule has 1 atom stereocenters. The SMILES string of the molecule is CCOC1CCN(C(C(N)=O)c2ccccc2)CC1. The van der Waals surface area contributed by atoms with Crippen LogP contribution in [-0.2, 0) is 9.53 Å². The summed E-state index contributed by atoms with van der Waals surface area (Å²) in [6, 6.07) is 9.44. The Labute approximate surface area is 114 Å². The molecule has 0 saturated carbocycles. The Morgan fingerprint density at radius 2 is 2.00 bits per heavy atom. The topological polar surface area (TPSA) is 55.6 Å². The lowest BCUT2D eigenvalue weighted by molar-refractivity contribution is -0.124. The molecule has 104 valence electrons. The first-order valence-electron chi connectivity index (χ1n) is 6.92. The van der Waals surface area contributed by atoms with Crippen molar-refractivity contribution in [3.8, 4) is 0 Å². The first-order chi connectivity index (χ1) is 9.22. The minimum absolute atomic E-state index is 0.277. The van der Waals surface area contributed by atoms with E-state index in [0.29, 0.717) is 6.10 Å². The number of nitrogens with zero attached hydrogens (tertiary/aromatic N) is 1. The van der Waals surface area contributed by atoms with Crippen molar-refractivity contribution in [3.63, 3.8) is 0 Å². The highest BCUT2D eigenvalue weighted by molar-refractivity contribution is 5.81. The van der Waals surface area contributed by atoms with E-state index < -0.39 is 0 Å². The van der Waals surface area contributed by atoms with Gasteiger partial charge in [-0.3, -0.25) is 9.69 Å². The normalized spacial score (nSPS) is 19.2. The first kappa shape index (κ1) is 14.0. The number of carbonyl (C=O) groups is 1. The fraction of sp³-hybridized carbons (Fsp3) is 0.533. The maximum absolute atomic E-state index is 11.8. The summed E-state index contributed by atoms with van der Waals surface area (Å²) in [5, 5.41) is 0. The molecule has 1 amide bonds. The maximum atomic E-state index is 11.8. The van der Waals surface area contributed by atoms with Gasteiger partial charge in [-0.2, -0.15) is 0 Å². The van der Waals surface area contributed by atoms with E-state index in [9.17, 15) is 4.79 Å². The minimum Gasteiger partial charge on any atom is -0.378 e. The van der Waals surface area contributed by atoms with E-state index in [2.05, 4.69) is 4.90 Å². The molecule has 0 radical (unpaired) electrons. The standard InChI is InChI=1S/C15H22N2O2/c1-2-19-13-8-10-17(11-9-13)14(15(16)18)12-6-4-3-5-7-12/h3-7,13-14H,2,8-11H2,1H3,(H2,16,18). The number of rotatable bonds is 5. The van der Waals surface area contributed by atoms with Crippen LogP contribution in [0.4, 0.5) is 0 Å². The third-order valence-corrected chi connectivity index (χ3v) is 3.63. The second-order valence-corrected chi connectivity index (χ2v) is 4.91. The Morgan fingerprint density at radius 3 is 2.53 bits per heavy atom. The van der Waals surface area contributed by atoms with E-state index >= 15 is 0 Å². The lowest BCUT2D eigenvalue weighted by Gasteiger charge is -2.36. The van der Waals surface area contributed by atoms with Gasteiger partial charge in [-0.15, -0.1) is 0 Å². The Kier molecular flexibility index (Phi) is 4.93. The van der Waals surface area contributed by atoms with Gasteiger partial charge in [0, 0.05) is 19.7 Å². The van der Waals surface area contributed by atoms with Crippen LogP contribution >= 0.6 is 0 Å². The van der Waals surface area contributed by atoms with Gasteiger partial charge < -0.3 is 10.5 Å². The molecule has 1 aliphatic rings. The molecule has 0 aromatic heterocycles. The number of piperidine rings is 1. The van der Waals surface area contributed by atoms with Crippen LogP contribution in [0.15, 0.2) is 30.3 Å². The number of likely N-dealkylation sites (tertiary alicyclic amines) is 1. The van der Waals surface area contributed by atoms with Crippen LogP contribution in [0.2, 0.25) is 0 Å². The highest BCUT2D eigenvalue weighted by atomic mass is 16.5. The monoisotopic (exact) mass is 262 g/mol. The van der Waals surface area contributed by atoms with Crippen molar-refractivity contribution < 1.29 is 9.53 Å². The van der Waals surface area contributed by atoms with Crippen LogP contribution in [0.3, 0.4) is 0 Å². The van der Waals surface area contributed by atoms with Crippen LogP contribution in [0, 0.1) is 0 Å². The summed E-state index contributed by atoms with van der Waals surface area (Å²) < 4.78 is 5.63. The quantitative estimate of drug-likeness (QED) is 0.879. The Hall–Kier alpha value is -1.39. The lowest BCUT2D eigenvalue weighted by Crippen LogP contribution is -2.44. The number of ether oxygens (including phenoxy) is 1. The molecule has 0 spiro atoms. The molecular weight excluding hydrogens is 240 g/mol. The molecule has 1 aliphatic heterocycles. The van der Waals surface area contributed by atoms with E-state index in [1.54, 1.807) is 0 Å². The summed E-state index contributed by atoms with van der Waals surface area (Å²) in [4.78, 5) is 13.9. The second kappa shape index (κ2) is 6.68. The molecular formula is C15H22N2O2. The predicted octanol–water partition coefficient (Wildman–Crippen LogP) is 1.71. The second-order valence-electron chi connectivity index (χ2n) is 4.91. The summed E-state index contributed by atoms with van der Waals surface area (Å²) in [7, 11) is 0. The van der Waals surface area contributed by atoms with Crippen molar-refractivity contribution >= 4 is 5.91 Å². The van der Waals surface area contributed by atoms with Crippen LogP contribution < -0.4 is 5.73 Å². The van der Waals surface area contributed by atoms with Gasteiger partial charge in [0.1, 0.15) is 6.04 Å².